The van der Waals surface area contributed by atoms with E-state index in [1.807, 2.05) is 26.2 Å². The third-order valence-electron chi connectivity index (χ3n) is 2.69. The quantitative estimate of drug-likeness (QED) is 0.809. The lowest BCUT2D eigenvalue weighted by atomic mass is 10.1. The van der Waals surface area contributed by atoms with Crippen LogP contribution in [0.5, 0.6) is 0 Å². The second kappa shape index (κ2) is 7.76. The third-order valence-corrected chi connectivity index (χ3v) is 4.71. The molecule has 0 spiro atoms. The predicted octanol–water partition coefficient (Wildman–Crippen LogP) is 3.67. The molecule has 0 fully saturated rings. The second-order valence-corrected chi connectivity index (χ2v) is 8.13. The molecule has 2 N–H and O–H groups in total. The van der Waals surface area contributed by atoms with Gasteiger partial charge in [-0.25, -0.2) is 14.2 Å². The summed E-state index contributed by atoms with van der Waals surface area (Å²) in [6.07, 6.45) is 0. The third kappa shape index (κ3) is 5.93. The van der Waals surface area contributed by atoms with Crippen molar-refractivity contribution in [3.05, 3.63) is 35.5 Å². The molecule has 24 heavy (non-hydrogen) atoms. The summed E-state index contributed by atoms with van der Waals surface area (Å²) in [6, 6.07) is 5.55. The highest BCUT2D eigenvalue weighted by Crippen LogP contribution is 2.28. The Morgan fingerprint density at radius 3 is 2.54 bits per heavy atom. The number of hydrogen-bond acceptors (Lipinski definition) is 5. The number of halogens is 1. The first-order valence-electron chi connectivity index (χ1n) is 7.19. The van der Waals surface area contributed by atoms with Crippen molar-refractivity contribution in [1.82, 2.24) is 15.6 Å². The number of imide groups is 1. The maximum absolute atomic E-state index is 12.9. The second-order valence-electron chi connectivity index (χ2n) is 6.05. The number of amides is 3. The van der Waals surface area contributed by atoms with Gasteiger partial charge in [0.1, 0.15) is 5.82 Å². The SMILES string of the molecule is CC(C)(C)NC(=O)NC(=O)CSc1nc(-c2ccc(F)cc2)cs1. The van der Waals surface area contributed by atoms with Gasteiger partial charge in [-0.05, 0) is 45.0 Å². The molecule has 0 aliphatic rings. The molecule has 0 saturated heterocycles. The minimum Gasteiger partial charge on any atom is -0.333 e. The topological polar surface area (TPSA) is 71.1 Å². The molecule has 3 amide bonds. The molecule has 1 aromatic heterocycles. The van der Waals surface area contributed by atoms with Crippen molar-refractivity contribution in [3.8, 4) is 11.3 Å². The molecular formula is C16H18FN3O2S2. The Hall–Kier alpha value is -1.93. The Balaban J connectivity index is 1.85. The van der Waals surface area contributed by atoms with E-state index < -0.39 is 11.6 Å². The van der Waals surface area contributed by atoms with Crippen molar-refractivity contribution >= 4 is 35.0 Å². The smallest absolute Gasteiger partial charge is 0.321 e. The van der Waals surface area contributed by atoms with Crippen LogP contribution in [-0.2, 0) is 4.79 Å². The van der Waals surface area contributed by atoms with Crippen molar-refractivity contribution in [2.24, 2.45) is 0 Å². The van der Waals surface area contributed by atoms with E-state index in [0.717, 1.165) is 11.3 Å². The zero-order chi connectivity index (χ0) is 17.7. The first-order chi connectivity index (χ1) is 11.2. The number of rotatable bonds is 4. The molecule has 8 heteroatoms. The molecule has 128 valence electrons. The van der Waals surface area contributed by atoms with Gasteiger partial charge in [-0.3, -0.25) is 10.1 Å². The van der Waals surface area contributed by atoms with E-state index in [2.05, 4.69) is 15.6 Å². The summed E-state index contributed by atoms with van der Waals surface area (Å²) in [6.45, 7) is 5.50. The predicted molar refractivity (Wildman–Crippen MR) is 94.7 cm³/mol. The molecule has 1 heterocycles. The van der Waals surface area contributed by atoms with Gasteiger partial charge in [-0.15, -0.1) is 11.3 Å². The lowest BCUT2D eigenvalue weighted by Gasteiger charge is -2.20. The standard InChI is InChI=1S/C16H18FN3O2S2/c1-16(2,3)20-14(22)19-13(21)9-24-15-18-12(8-23-15)10-4-6-11(17)7-5-10/h4-8H,9H2,1-3H3,(H2,19,20,21,22). The van der Waals surface area contributed by atoms with Crippen LogP contribution in [0.15, 0.2) is 34.0 Å². The minimum atomic E-state index is -0.515. The molecule has 5 nitrogen and oxygen atoms in total. The maximum atomic E-state index is 12.9. The van der Waals surface area contributed by atoms with Gasteiger partial charge in [0, 0.05) is 16.5 Å². The van der Waals surface area contributed by atoms with Gasteiger partial charge in [-0.1, -0.05) is 11.8 Å². The van der Waals surface area contributed by atoms with Gasteiger partial charge in [0.25, 0.3) is 0 Å². The van der Waals surface area contributed by atoms with Gasteiger partial charge < -0.3 is 5.32 Å². The van der Waals surface area contributed by atoms with Crippen LogP contribution in [0, 0.1) is 5.82 Å². The Labute approximate surface area is 148 Å². The number of carbonyl (C=O) groups is 2. The van der Waals surface area contributed by atoms with Gasteiger partial charge in [0.15, 0.2) is 4.34 Å². The number of aromatic nitrogens is 1. The van der Waals surface area contributed by atoms with Gasteiger partial charge in [0.05, 0.1) is 11.4 Å². The van der Waals surface area contributed by atoms with Crippen molar-refractivity contribution < 1.29 is 14.0 Å². The van der Waals surface area contributed by atoms with Crippen LogP contribution in [0.1, 0.15) is 20.8 Å². The molecule has 0 radical (unpaired) electrons. The maximum Gasteiger partial charge on any atom is 0.321 e. The fourth-order valence-electron chi connectivity index (χ4n) is 1.74. The molecule has 0 unspecified atom stereocenters. The molecule has 2 rings (SSSR count). The normalized spacial score (nSPS) is 11.2. The molecule has 1 aromatic carbocycles. The van der Waals surface area contributed by atoms with E-state index >= 15 is 0 Å². The molecular weight excluding hydrogens is 349 g/mol. The van der Waals surface area contributed by atoms with Crippen LogP contribution in [-0.4, -0.2) is 28.2 Å². The lowest BCUT2D eigenvalue weighted by molar-refractivity contribution is -0.117. The molecule has 0 atom stereocenters. The van der Waals surface area contributed by atoms with E-state index in [4.69, 9.17) is 0 Å². The molecule has 0 bridgehead atoms. The summed E-state index contributed by atoms with van der Waals surface area (Å²) in [4.78, 5) is 27.8. The Bertz CT molecular complexity index is 724. The monoisotopic (exact) mass is 367 g/mol. The fraction of sp³-hybridized carbons (Fsp3) is 0.312. The van der Waals surface area contributed by atoms with Crippen molar-refractivity contribution in [1.29, 1.82) is 0 Å². The Morgan fingerprint density at radius 2 is 1.92 bits per heavy atom. The first kappa shape index (κ1) is 18.4. The number of urea groups is 1. The van der Waals surface area contributed by atoms with Crippen LogP contribution in [0.2, 0.25) is 0 Å². The summed E-state index contributed by atoms with van der Waals surface area (Å²) in [7, 11) is 0. The highest BCUT2D eigenvalue weighted by Gasteiger charge is 2.16. The van der Waals surface area contributed by atoms with E-state index in [0.29, 0.717) is 4.34 Å². The fourth-order valence-corrected chi connectivity index (χ4v) is 3.37. The van der Waals surface area contributed by atoms with Crippen molar-refractivity contribution in [2.45, 2.75) is 30.6 Å². The molecule has 0 aliphatic carbocycles. The molecule has 2 aromatic rings. The minimum absolute atomic E-state index is 0.0912. The van der Waals surface area contributed by atoms with Gasteiger partial charge in [0.2, 0.25) is 5.91 Å². The summed E-state index contributed by atoms with van der Waals surface area (Å²) >= 11 is 2.65. The zero-order valence-electron chi connectivity index (χ0n) is 13.6. The van der Waals surface area contributed by atoms with Crippen LogP contribution in [0.3, 0.4) is 0 Å². The Kier molecular flexibility index (Phi) is 5.95. The summed E-state index contributed by atoms with van der Waals surface area (Å²) in [5.41, 5.74) is 1.14. The van der Waals surface area contributed by atoms with Crippen LogP contribution in [0.4, 0.5) is 9.18 Å². The van der Waals surface area contributed by atoms with Crippen LogP contribution >= 0.6 is 23.1 Å². The average Bonchev–Trinajstić information content (AvgIpc) is 2.92. The lowest BCUT2D eigenvalue weighted by Crippen LogP contribution is -2.48. The number of carbonyl (C=O) groups excluding carboxylic acids is 2. The van der Waals surface area contributed by atoms with E-state index in [1.165, 1.54) is 35.2 Å². The van der Waals surface area contributed by atoms with Crippen molar-refractivity contribution in [3.63, 3.8) is 0 Å². The van der Waals surface area contributed by atoms with Crippen LogP contribution < -0.4 is 10.6 Å². The average molecular weight is 367 g/mol. The van der Waals surface area contributed by atoms with Gasteiger partial charge in [-0.2, -0.15) is 0 Å². The highest BCUT2D eigenvalue weighted by molar-refractivity contribution is 8.01. The molecule has 0 aliphatic heterocycles. The number of thiazole rings is 1. The number of nitrogens with one attached hydrogen (secondary N) is 2. The number of hydrogen-bond donors (Lipinski definition) is 2. The largest absolute Gasteiger partial charge is 0.333 e. The van der Waals surface area contributed by atoms with Crippen LogP contribution in [0.25, 0.3) is 11.3 Å². The Morgan fingerprint density at radius 1 is 1.25 bits per heavy atom. The summed E-state index contributed by atoms with van der Waals surface area (Å²) in [5.74, 6) is -0.595. The number of benzene rings is 1. The van der Waals surface area contributed by atoms with E-state index in [-0.39, 0.29) is 17.5 Å². The molecule has 0 saturated carbocycles. The van der Waals surface area contributed by atoms with E-state index in [1.54, 1.807) is 12.1 Å². The number of nitrogens with zero attached hydrogens (tertiary/aromatic N) is 1. The number of thioether (sulfide) groups is 1. The van der Waals surface area contributed by atoms with Gasteiger partial charge >= 0.3 is 6.03 Å². The summed E-state index contributed by atoms with van der Waals surface area (Å²) < 4.78 is 13.6. The zero-order valence-corrected chi connectivity index (χ0v) is 15.2. The van der Waals surface area contributed by atoms with Crippen molar-refractivity contribution in [2.75, 3.05) is 5.75 Å². The van der Waals surface area contributed by atoms with E-state index in [9.17, 15) is 14.0 Å². The first-order valence-corrected chi connectivity index (χ1v) is 9.06. The highest BCUT2D eigenvalue weighted by atomic mass is 32.2. The summed E-state index contributed by atoms with van der Waals surface area (Å²) in [5, 5.41) is 6.78.